The molecule has 1 unspecified atom stereocenters. The molecule has 1 aliphatic heterocycles. The summed E-state index contributed by atoms with van der Waals surface area (Å²) >= 11 is 0. The van der Waals surface area contributed by atoms with E-state index < -0.39 is 24.0 Å². The fourth-order valence-corrected chi connectivity index (χ4v) is 3.57. The van der Waals surface area contributed by atoms with E-state index in [2.05, 4.69) is 21.2 Å². The van der Waals surface area contributed by atoms with Crippen molar-refractivity contribution in [2.75, 3.05) is 27.2 Å². The van der Waals surface area contributed by atoms with Crippen molar-refractivity contribution in [2.45, 2.75) is 64.5 Å². The van der Waals surface area contributed by atoms with Crippen LogP contribution in [0.4, 0.5) is 0 Å². The Morgan fingerprint density at radius 1 is 1.20 bits per heavy atom. The Bertz CT molecular complexity index is 619. The number of hydrogen-bond donors (Lipinski definition) is 3. The number of rotatable bonds is 12. The van der Waals surface area contributed by atoms with Crippen LogP contribution in [0.25, 0.3) is 0 Å². The molecule has 10 heteroatoms. The number of amides is 3. The quantitative estimate of drug-likeness (QED) is 0.177. The molecule has 0 aromatic carbocycles. The van der Waals surface area contributed by atoms with Crippen molar-refractivity contribution >= 4 is 29.9 Å². The summed E-state index contributed by atoms with van der Waals surface area (Å²) in [7, 11) is 2.81. The summed E-state index contributed by atoms with van der Waals surface area (Å²) in [4.78, 5) is 51.9. The van der Waals surface area contributed by atoms with E-state index in [0.717, 1.165) is 12.8 Å². The zero-order valence-corrected chi connectivity index (χ0v) is 18.4. The molecule has 1 saturated heterocycles. The second kappa shape index (κ2) is 13.6. The molecular weight excluding hydrogens is 390 g/mol. The van der Waals surface area contributed by atoms with Gasteiger partial charge in [-0.15, -0.1) is 0 Å². The lowest BCUT2D eigenvalue weighted by Gasteiger charge is -2.28. The Morgan fingerprint density at radius 3 is 2.43 bits per heavy atom. The molecule has 0 bridgehead atoms. The van der Waals surface area contributed by atoms with Crippen LogP contribution in [0.5, 0.6) is 0 Å². The minimum absolute atomic E-state index is 0.213. The van der Waals surface area contributed by atoms with Gasteiger partial charge in [0, 0.05) is 25.7 Å². The Hall–Kier alpha value is -2.65. The van der Waals surface area contributed by atoms with Crippen LogP contribution in [0.15, 0.2) is 5.10 Å². The van der Waals surface area contributed by atoms with E-state index in [-0.39, 0.29) is 24.3 Å². The van der Waals surface area contributed by atoms with E-state index in [1.165, 1.54) is 18.2 Å². The number of ether oxygens (including phenoxy) is 1. The molecule has 170 valence electrons. The van der Waals surface area contributed by atoms with Gasteiger partial charge < -0.3 is 25.7 Å². The van der Waals surface area contributed by atoms with Crippen LogP contribution in [-0.4, -0.2) is 74.1 Å². The molecule has 2 atom stereocenters. The maximum Gasteiger partial charge on any atom is 0.338 e. The van der Waals surface area contributed by atoms with Crippen molar-refractivity contribution in [1.82, 2.24) is 21.0 Å². The molecule has 0 aromatic heterocycles. The lowest BCUT2D eigenvalue weighted by Crippen LogP contribution is -2.57. The number of nitrogens with zero attached hydrogens (tertiary/aromatic N) is 2. The van der Waals surface area contributed by atoms with Gasteiger partial charge in [0.15, 0.2) is 0 Å². The Morgan fingerprint density at radius 2 is 1.87 bits per heavy atom. The van der Waals surface area contributed by atoms with Gasteiger partial charge >= 0.3 is 5.97 Å². The van der Waals surface area contributed by atoms with Gasteiger partial charge in [-0.25, -0.2) is 4.79 Å². The van der Waals surface area contributed by atoms with Gasteiger partial charge in [-0.2, -0.15) is 5.10 Å². The maximum atomic E-state index is 13.1. The summed E-state index contributed by atoms with van der Waals surface area (Å²) in [5.41, 5.74) is 2.58. The Balaban J connectivity index is 2.90. The van der Waals surface area contributed by atoms with E-state index >= 15 is 0 Å². The predicted molar refractivity (Wildman–Crippen MR) is 113 cm³/mol. The monoisotopic (exact) mass is 425 g/mol. The number of carbonyl (C=O) groups is 4. The topological polar surface area (TPSA) is 129 Å². The van der Waals surface area contributed by atoms with Gasteiger partial charge in [-0.1, -0.05) is 26.7 Å². The van der Waals surface area contributed by atoms with Gasteiger partial charge in [0.1, 0.15) is 6.04 Å². The lowest BCUT2D eigenvalue weighted by molar-refractivity contribution is -0.154. The number of carbonyl (C=O) groups excluding carboxylic acids is 4. The van der Waals surface area contributed by atoms with E-state index in [9.17, 15) is 19.2 Å². The van der Waals surface area contributed by atoms with Crippen LogP contribution < -0.4 is 16.1 Å². The van der Waals surface area contributed by atoms with Crippen molar-refractivity contribution in [1.29, 1.82) is 0 Å². The number of nitrogens with one attached hydrogen (secondary N) is 3. The Labute approximate surface area is 178 Å². The summed E-state index contributed by atoms with van der Waals surface area (Å²) < 4.78 is 4.76. The third kappa shape index (κ3) is 7.31. The van der Waals surface area contributed by atoms with Crippen LogP contribution >= 0.6 is 0 Å². The molecule has 10 nitrogen and oxygen atoms in total. The standard InChI is InChI=1S/C20H35N5O5/c1-5-8-14(9-6-2)17(26)24-16(20(29)30-4)19(28)25-13-7-10-15(25)18(27)22-11-12-23-21-3/h12,14-16,21H,5-11,13H2,1-4H3,(H,22,27)(H,24,26)/b23-12+/t15-,16?/m0/s1. The van der Waals surface area contributed by atoms with Gasteiger partial charge in [0.2, 0.25) is 17.9 Å². The second-order valence-electron chi connectivity index (χ2n) is 7.21. The predicted octanol–water partition coefficient (Wildman–Crippen LogP) is 0.173. The smallest absolute Gasteiger partial charge is 0.338 e. The number of hydrogen-bond acceptors (Lipinski definition) is 7. The minimum Gasteiger partial charge on any atom is -0.467 e. The molecular formula is C20H35N5O5. The van der Waals surface area contributed by atoms with E-state index in [1.54, 1.807) is 7.05 Å². The Kier molecular flexibility index (Phi) is 11.5. The maximum absolute atomic E-state index is 13.1. The first-order valence-electron chi connectivity index (χ1n) is 10.6. The third-order valence-electron chi connectivity index (χ3n) is 5.04. The summed E-state index contributed by atoms with van der Waals surface area (Å²) in [6, 6.07) is -2.16. The summed E-state index contributed by atoms with van der Waals surface area (Å²) in [6.45, 7) is 4.50. The number of hydrazone groups is 1. The third-order valence-corrected chi connectivity index (χ3v) is 5.04. The van der Waals surface area contributed by atoms with E-state index in [4.69, 9.17) is 4.74 Å². The molecule has 0 spiro atoms. The molecule has 0 saturated carbocycles. The molecule has 30 heavy (non-hydrogen) atoms. The lowest BCUT2D eigenvalue weighted by atomic mass is 9.97. The van der Waals surface area contributed by atoms with Crippen molar-refractivity contribution in [2.24, 2.45) is 11.0 Å². The normalized spacial score (nSPS) is 17.1. The van der Waals surface area contributed by atoms with Gasteiger partial charge in [-0.3, -0.25) is 14.4 Å². The minimum atomic E-state index is -1.46. The van der Waals surface area contributed by atoms with Crippen LogP contribution in [0.1, 0.15) is 52.4 Å². The van der Waals surface area contributed by atoms with E-state index in [1.807, 2.05) is 13.8 Å². The highest BCUT2D eigenvalue weighted by Gasteiger charge is 2.41. The number of likely N-dealkylation sites (tertiary alicyclic amines) is 1. The molecule has 3 amide bonds. The van der Waals surface area contributed by atoms with Gasteiger partial charge in [0.05, 0.1) is 13.7 Å². The highest BCUT2D eigenvalue weighted by Crippen LogP contribution is 2.20. The first-order chi connectivity index (χ1) is 14.4. The van der Waals surface area contributed by atoms with E-state index in [0.29, 0.717) is 32.2 Å². The van der Waals surface area contributed by atoms with Crippen molar-refractivity contribution in [3.63, 3.8) is 0 Å². The zero-order chi connectivity index (χ0) is 22.5. The fraction of sp³-hybridized carbons (Fsp3) is 0.750. The van der Waals surface area contributed by atoms with Crippen LogP contribution in [0.3, 0.4) is 0 Å². The number of esters is 1. The summed E-state index contributed by atoms with van der Waals surface area (Å²) in [5, 5.41) is 9.05. The zero-order valence-electron chi connectivity index (χ0n) is 18.4. The molecule has 1 rings (SSSR count). The molecule has 1 fully saturated rings. The second-order valence-corrected chi connectivity index (χ2v) is 7.21. The molecule has 3 N–H and O–H groups in total. The van der Waals surface area contributed by atoms with Crippen molar-refractivity contribution in [3.8, 4) is 0 Å². The molecule has 0 radical (unpaired) electrons. The molecule has 1 aliphatic rings. The van der Waals surface area contributed by atoms with Crippen molar-refractivity contribution in [3.05, 3.63) is 0 Å². The summed E-state index contributed by atoms with van der Waals surface area (Å²) in [6.07, 6.45) is 5.59. The molecule has 0 aliphatic carbocycles. The summed E-state index contributed by atoms with van der Waals surface area (Å²) in [5.74, 6) is -2.40. The first-order valence-corrected chi connectivity index (χ1v) is 10.6. The number of methoxy groups -OCH3 is 1. The first kappa shape index (κ1) is 25.4. The SMILES string of the molecule is CCCC(CCC)C(=O)NC(C(=O)OC)C(=O)N1CCC[C@H]1C(=O)NC/C=N/NC. The van der Waals surface area contributed by atoms with Crippen LogP contribution in [-0.2, 0) is 23.9 Å². The molecule has 1 heterocycles. The van der Waals surface area contributed by atoms with Gasteiger partial charge in [0.25, 0.3) is 5.91 Å². The van der Waals surface area contributed by atoms with Crippen LogP contribution in [0, 0.1) is 5.92 Å². The average Bonchev–Trinajstić information content (AvgIpc) is 3.23. The van der Waals surface area contributed by atoms with Crippen LogP contribution in [0.2, 0.25) is 0 Å². The highest BCUT2D eigenvalue weighted by atomic mass is 16.5. The van der Waals surface area contributed by atoms with Crippen molar-refractivity contribution < 1.29 is 23.9 Å². The molecule has 0 aromatic rings. The largest absolute Gasteiger partial charge is 0.467 e. The average molecular weight is 426 g/mol. The van der Waals surface area contributed by atoms with Gasteiger partial charge in [-0.05, 0) is 25.7 Å². The fourth-order valence-electron chi connectivity index (χ4n) is 3.57. The highest BCUT2D eigenvalue weighted by molar-refractivity contribution is 6.06.